The molecule has 0 aliphatic rings. The Hall–Kier alpha value is -2.45. The van der Waals surface area contributed by atoms with E-state index in [1.165, 1.54) is 13.0 Å². The van der Waals surface area contributed by atoms with Gasteiger partial charge in [-0.2, -0.15) is 13.2 Å². The highest BCUT2D eigenvalue weighted by Gasteiger charge is 2.46. The molecule has 0 aliphatic carbocycles. The van der Waals surface area contributed by atoms with Gasteiger partial charge in [0.25, 0.3) is 11.5 Å². The number of hydrogen-bond donors (Lipinski definition) is 1. The van der Waals surface area contributed by atoms with Crippen LogP contribution in [-0.4, -0.2) is 28.0 Å². The third kappa shape index (κ3) is 4.01. The van der Waals surface area contributed by atoms with Gasteiger partial charge < -0.3 is 5.11 Å². The molecule has 0 aromatic heterocycles. The summed E-state index contributed by atoms with van der Waals surface area (Å²) in [5.74, 6) is -6.52. The lowest BCUT2D eigenvalue weighted by molar-refractivity contribution is -0.385. The molecule has 0 aliphatic heterocycles. The van der Waals surface area contributed by atoms with E-state index >= 15 is 0 Å². The van der Waals surface area contributed by atoms with Gasteiger partial charge in [0.1, 0.15) is 5.92 Å². The van der Waals surface area contributed by atoms with Gasteiger partial charge in [0.2, 0.25) is 0 Å². The van der Waals surface area contributed by atoms with Crippen LogP contribution in [0.25, 0.3) is 0 Å². The normalized spacial score (nSPS) is 12.8. The molecule has 1 N–H and O–H groups in total. The Morgan fingerprint density at radius 2 is 1.95 bits per heavy atom. The second kappa shape index (κ2) is 5.90. The first-order chi connectivity index (χ1) is 9.54. The molecule has 1 aromatic carbocycles. The Kier molecular flexibility index (Phi) is 4.66. The van der Waals surface area contributed by atoms with Gasteiger partial charge in [-0.1, -0.05) is 6.07 Å². The van der Waals surface area contributed by atoms with Crippen LogP contribution in [0.15, 0.2) is 18.2 Å². The Balaban J connectivity index is 3.06. The Morgan fingerprint density at radius 1 is 1.38 bits per heavy atom. The van der Waals surface area contributed by atoms with Gasteiger partial charge >= 0.3 is 12.1 Å². The molecule has 1 unspecified atom stereocenters. The maximum absolute atomic E-state index is 12.3. The molecule has 6 nitrogen and oxygen atoms in total. The van der Waals surface area contributed by atoms with Crippen molar-refractivity contribution in [3.8, 4) is 0 Å². The summed E-state index contributed by atoms with van der Waals surface area (Å²) in [6.07, 6.45) is -5.94. The Bertz CT molecular complexity index is 597. The number of halogens is 3. The molecule has 0 amide bonds. The zero-order valence-corrected chi connectivity index (χ0v) is 10.7. The predicted octanol–water partition coefficient (Wildman–Crippen LogP) is 2.28. The minimum Gasteiger partial charge on any atom is -0.481 e. The third-order valence-electron chi connectivity index (χ3n) is 2.79. The van der Waals surface area contributed by atoms with Crippen LogP contribution < -0.4 is 0 Å². The zero-order valence-electron chi connectivity index (χ0n) is 10.7. The SMILES string of the molecule is Cc1cc(CC(C(=O)O)C(=O)C(F)(F)F)ccc1[N+](=O)[O-]. The molecular weight excluding hydrogens is 295 g/mol. The molecule has 21 heavy (non-hydrogen) atoms. The highest BCUT2D eigenvalue weighted by atomic mass is 19.4. The first-order valence-corrected chi connectivity index (χ1v) is 5.61. The van der Waals surface area contributed by atoms with Gasteiger partial charge in [-0.3, -0.25) is 19.7 Å². The fourth-order valence-electron chi connectivity index (χ4n) is 1.77. The molecule has 1 rings (SSSR count). The van der Waals surface area contributed by atoms with E-state index in [4.69, 9.17) is 5.11 Å². The van der Waals surface area contributed by atoms with E-state index in [2.05, 4.69) is 0 Å². The van der Waals surface area contributed by atoms with E-state index in [1.54, 1.807) is 0 Å². The number of alkyl halides is 3. The standard InChI is InChI=1S/C12H10F3NO5/c1-6-4-7(2-3-9(6)16(20)21)5-8(11(18)19)10(17)12(13,14)15/h2-4,8H,5H2,1H3,(H,18,19). The van der Waals surface area contributed by atoms with E-state index in [-0.39, 0.29) is 16.8 Å². The van der Waals surface area contributed by atoms with E-state index in [9.17, 15) is 32.9 Å². The van der Waals surface area contributed by atoms with Gasteiger partial charge in [0.05, 0.1) is 4.92 Å². The largest absolute Gasteiger partial charge is 0.481 e. The number of carboxylic acid groups (broad SMARTS) is 1. The molecule has 114 valence electrons. The second-order valence-electron chi connectivity index (χ2n) is 4.33. The van der Waals surface area contributed by atoms with Crippen molar-refractivity contribution < 1.29 is 32.8 Å². The number of benzene rings is 1. The monoisotopic (exact) mass is 305 g/mol. The molecule has 0 saturated carbocycles. The molecule has 0 radical (unpaired) electrons. The lowest BCUT2D eigenvalue weighted by atomic mass is 9.94. The van der Waals surface area contributed by atoms with Crippen LogP contribution in [0.1, 0.15) is 11.1 Å². The topological polar surface area (TPSA) is 97.5 Å². The van der Waals surface area contributed by atoms with Crippen molar-refractivity contribution in [2.24, 2.45) is 5.92 Å². The summed E-state index contributed by atoms with van der Waals surface area (Å²) in [4.78, 5) is 31.8. The number of aryl methyl sites for hydroxylation is 1. The molecule has 9 heteroatoms. The maximum Gasteiger partial charge on any atom is 0.450 e. The van der Waals surface area contributed by atoms with Crippen LogP contribution >= 0.6 is 0 Å². The molecule has 0 fully saturated rings. The van der Waals surface area contributed by atoms with Crippen molar-refractivity contribution in [1.29, 1.82) is 0 Å². The number of rotatable bonds is 5. The molecule has 0 spiro atoms. The molecule has 0 heterocycles. The minimum absolute atomic E-state index is 0.100. The maximum atomic E-state index is 12.3. The number of carbonyl (C=O) groups is 2. The van der Waals surface area contributed by atoms with Gasteiger partial charge in [-0.25, -0.2) is 0 Å². The van der Waals surface area contributed by atoms with Crippen molar-refractivity contribution in [3.63, 3.8) is 0 Å². The van der Waals surface area contributed by atoms with Crippen LogP contribution in [0, 0.1) is 23.0 Å². The predicted molar refractivity (Wildman–Crippen MR) is 63.7 cm³/mol. The zero-order chi connectivity index (χ0) is 16.4. The molecule has 1 atom stereocenters. The quantitative estimate of drug-likeness (QED) is 0.511. The number of nitro groups is 1. The average molecular weight is 305 g/mol. The minimum atomic E-state index is -5.25. The smallest absolute Gasteiger partial charge is 0.450 e. The van der Waals surface area contributed by atoms with E-state index < -0.39 is 35.2 Å². The van der Waals surface area contributed by atoms with Crippen molar-refractivity contribution >= 4 is 17.4 Å². The van der Waals surface area contributed by atoms with Gasteiger partial charge in [-0.05, 0) is 25.0 Å². The second-order valence-corrected chi connectivity index (χ2v) is 4.33. The molecule has 0 bridgehead atoms. The van der Waals surface area contributed by atoms with Crippen LogP contribution in [0.4, 0.5) is 18.9 Å². The van der Waals surface area contributed by atoms with Gasteiger partial charge in [0, 0.05) is 11.6 Å². The number of Topliss-reactive ketones (excluding diaryl/α,β-unsaturated/α-hetero) is 1. The number of ketones is 1. The molecule has 1 aromatic rings. The van der Waals surface area contributed by atoms with Crippen molar-refractivity contribution in [2.75, 3.05) is 0 Å². The summed E-state index contributed by atoms with van der Waals surface area (Å²) < 4.78 is 36.9. The lowest BCUT2D eigenvalue weighted by Crippen LogP contribution is -2.36. The van der Waals surface area contributed by atoms with Gasteiger partial charge in [-0.15, -0.1) is 0 Å². The third-order valence-corrected chi connectivity index (χ3v) is 2.79. The van der Waals surface area contributed by atoms with Crippen molar-refractivity contribution in [3.05, 3.63) is 39.4 Å². The van der Waals surface area contributed by atoms with E-state index in [0.717, 1.165) is 12.1 Å². The Morgan fingerprint density at radius 3 is 2.33 bits per heavy atom. The summed E-state index contributed by atoms with van der Waals surface area (Å²) >= 11 is 0. The van der Waals surface area contributed by atoms with E-state index in [1.807, 2.05) is 0 Å². The van der Waals surface area contributed by atoms with E-state index in [0.29, 0.717) is 0 Å². The van der Waals surface area contributed by atoms with Crippen molar-refractivity contribution in [2.45, 2.75) is 19.5 Å². The van der Waals surface area contributed by atoms with Crippen LogP contribution in [-0.2, 0) is 16.0 Å². The summed E-state index contributed by atoms with van der Waals surface area (Å²) in [5, 5.41) is 19.4. The number of nitro benzene ring substituents is 1. The summed E-state index contributed by atoms with van der Waals surface area (Å²) in [7, 11) is 0. The van der Waals surface area contributed by atoms with Crippen LogP contribution in [0.2, 0.25) is 0 Å². The summed E-state index contributed by atoms with van der Waals surface area (Å²) in [5.41, 5.74) is 0.0250. The van der Waals surface area contributed by atoms with Crippen LogP contribution in [0.5, 0.6) is 0 Å². The number of nitrogens with zero attached hydrogens (tertiary/aromatic N) is 1. The highest BCUT2D eigenvalue weighted by Crippen LogP contribution is 2.25. The fraction of sp³-hybridized carbons (Fsp3) is 0.333. The number of hydrogen-bond acceptors (Lipinski definition) is 4. The van der Waals surface area contributed by atoms with Gasteiger partial charge in [0.15, 0.2) is 0 Å². The first-order valence-electron chi connectivity index (χ1n) is 5.61. The summed E-state index contributed by atoms with van der Waals surface area (Å²) in [6.45, 7) is 1.36. The lowest BCUT2D eigenvalue weighted by Gasteiger charge is -2.13. The van der Waals surface area contributed by atoms with Crippen molar-refractivity contribution in [1.82, 2.24) is 0 Å². The van der Waals surface area contributed by atoms with Crippen LogP contribution in [0.3, 0.4) is 0 Å². The summed E-state index contributed by atoms with van der Waals surface area (Å²) in [6, 6.07) is 3.38. The number of carbonyl (C=O) groups excluding carboxylic acids is 1. The Labute approximate surface area is 116 Å². The molecule has 0 saturated heterocycles. The fourth-order valence-corrected chi connectivity index (χ4v) is 1.77. The number of aliphatic carboxylic acids is 1. The number of carboxylic acids is 1. The first kappa shape index (κ1) is 16.6. The molecular formula is C12H10F3NO5. The average Bonchev–Trinajstić information content (AvgIpc) is 2.33. The highest BCUT2D eigenvalue weighted by molar-refractivity contribution is 6.01.